The third kappa shape index (κ3) is 3.08. The maximum absolute atomic E-state index is 11.9. The first kappa shape index (κ1) is 13.5. The Labute approximate surface area is 123 Å². The van der Waals surface area contributed by atoms with Crippen LogP contribution in [-0.2, 0) is 0 Å². The second kappa shape index (κ2) is 5.79. The van der Waals surface area contributed by atoms with Crippen LogP contribution in [0.15, 0.2) is 39.8 Å². The molecule has 0 spiro atoms. The van der Waals surface area contributed by atoms with Crippen LogP contribution in [0, 0.1) is 10.5 Å². The molecular weight excluding hydrogens is 361 g/mol. The summed E-state index contributed by atoms with van der Waals surface area (Å²) in [6.45, 7) is 2.03. The molecule has 94 valence electrons. The maximum atomic E-state index is 11.9. The minimum atomic E-state index is -0.227. The van der Waals surface area contributed by atoms with Crippen LogP contribution in [-0.4, -0.2) is 12.2 Å². The Hall–Kier alpha value is -0.950. The van der Waals surface area contributed by atoms with E-state index in [-0.39, 0.29) is 5.91 Å². The van der Waals surface area contributed by atoms with Gasteiger partial charge in [0.05, 0.1) is 0 Å². The average Bonchev–Trinajstić information content (AvgIpc) is 2.82. The van der Waals surface area contributed by atoms with Crippen molar-refractivity contribution >= 4 is 45.9 Å². The molecule has 0 aliphatic carbocycles. The molecule has 2 aromatic rings. The predicted octanol–water partition coefficient (Wildman–Crippen LogP) is 4.17. The Morgan fingerprint density at radius 2 is 2.11 bits per heavy atom. The third-order valence-corrected chi connectivity index (χ3v) is 4.22. The van der Waals surface area contributed by atoms with Crippen molar-refractivity contribution in [3.63, 3.8) is 0 Å². The number of carbonyl (C=O) groups excluding carboxylic acids is 1. The summed E-state index contributed by atoms with van der Waals surface area (Å²) in [4.78, 5) is 11.9. The molecule has 1 aromatic heterocycles. The van der Waals surface area contributed by atoms with Crippen molar-refractivity contribution in [1.29, 1.82) is 0 Å². The minimum absolute atomic E-state index is 0.227. The van der Waals surface area contributed by atoms with Gasteiger partial charge in [0.25, 0.3) is 5.91 Å². The fourth-order valence-corrected chi connectivity index (χ4v) is 2.31. The van der Waals surface area contributed by atoms with Crippen LogP contribution < -0.4 is 5.32 Å². The largest absolute Gasteiger partial charge is 0.445 e. The molecule has 1 heterocycles. The molecule has 0 saturated heterocycles. The lowest BCUT2D eigenvalue weighted by atomic mass is 10.2. The average molecular weight is 373 g/mol. The number of rotatable bonds is 3. The zero-order valence-electron chi connectivity index (χ0n) is 9.99. The fourth-order valence-electron chi connectivity index (χ4n) is 1.42. The van der Waals surface area contributed by atoms with Gasteiger partial charge in [-0.15, -0.1) is 0 Å². The van der Waals surface area contributed by atoms with Crippen LogP contribution >= 0.6 is 34.4 Å². The number of amides is 1. The van der Waals surface area contributed by atoms with Crippen LogP contribution in [0.5, 0.6) is 0 Å². The van der Waals surface area contributed by atoms with Gasteiger partial charge in [-0.05, 0) is 65.6 Å². The van der Waals surface area contributed by atoms with E-state index in [9.17, 15) is 4.79 Å². The summed E-state index contributed by atoms with van der Waals surface area (Å²) in [7, 11) is 0. The Morgan fingerprint density at radius 1 is 1.33 bits per heavy atom. The van der Waals surface area contributed by atoms with Crippen molar-refractivity contribution in [2.24, 2.45) is 0 Å². The number of furan rings is 1. The Morgan fingerprint density at radius 3 is 2.72 bits per heavy atom. The van der Waals surface area contributed by atoms with Gasteiger partial charge < -0.3 is 9.73 Å². The number of halogens is 1. The summed E-state index contributed by atoms with van der Waals surface area (Å²) in [5, 5.41) is 3.55. The molecule has 1 amide bonds. The smallest absolute Gasteiger partial charge is 0.291 e. The first-order chi connectivity index (χ1) is 8.60. The van der Waals surface area contributed by atoms with Crippen molar-refractivity contribution in [2.75, 3.05) is 11.6 Å². The highest BCUT2D eigenvalue weighted by atomic mass is 127. The minimum Gasteiger partial charge on any atom is -0.445 e. The Bertz CT molecular complexity index is 580. The van der Waals surface area contributed by atoms with Gasteiger partial charge in [0.15, 0.2) is 10.9 Å². The van der Waals surface area contributed by atoms with E-state index in [0.717, 1.165) is 14.3 Å². The molecule has 18 heavy (non-hydrogen) atoms. The zero-order chi connectivity index (χ0) is 13.1. The fraction of sp³-hybridized carbons (Fsp3) is 0.154. The van der Waals surface area contributed by atoms with Crippen molar-refractivity contribution in [3.05, 3.63) is 45.2 Å². The van der Waals surface area contributed by atoms with Gasteiger partial charge in [0.2, 0.25) is 0 Å². The summed E-state index contributed by atoms with van der Waals surface area (Å²) >= 11 is 3.71. The first-order valence-corrected chi connectivity index (χ1v) is 7.62. The molecule has 2 rings (SSSR count). The molecule has 1 aromatic carbocycles. The standard InChI is InChI=1S/C13H12INO2S/c1-8-3-4-9(7-10(8)14)15-13(16)11-5-6-12(17-11)18-2/h3-7H,1-2H3,(H,15,16). The maximum Gasteiger partial charge on any atom is 0.291 e. The number of aryl methyl sites for hydroxylation is 1. The normalized spacial score (nSPS) is 10.4. The lowest BCUT2D eigenvalue weighted by molar-refractivity contribution is 0.0992. The van der Waals surface area contributed by atoms with Gasteiger partial charge >= 0.3 is 0 Å². The quantitative estimate of drug-likeness (QED) is 0.649. The van der Waals surface area contributed by atoms with E-state index in [0.29, 0.717) is 5.76 Å². The topological polar surface area (TPSA) is 42.2 Å². The Balaban J connectivity index is 2.13. The van der Waals surface area contributed by atoms with Gasteiger partial charge in [-0.3, -0.25) is 4.79 Å². The SMILES string of the molecule is CSc1ccc(C(=O)Nc2ccc(C)c(I)c2)o1. The van der Waals surface area contributed by atoms with E-state index in [1.165, 1.54) is 17.3 Å². The summed E-state index contributed by atoms with van der Waals surface area (Å²) in [6.07, 6.45) is 1.91. The number of nitrogens with one attached hydrogen (secondary N) is 1. The molecule has 5 heteroatoms. The summed E-state index contributed by atoms with van der Waals surface area (Å²) in [5.41, 5.74) is 1.97. The molecule has 0 fully saturated rings. The molecule has 0 aliphatic heterocycles. The van der Waals surface area contributed by atoms with E-state index in [1.807, 2.05) is 31.4 Å². The first-order valence-electron chi connectivity index (χ1n) is 5.31. The lowest BCUT2D eigenvalue weighted by Gasteiger charge is -2.05. The molecule has 3 nitrogen and oxygen atoms in total. The van der Waals surface area contributed by atoms with Crippen LogP contribution in [0.2, 0.25) is 0 Å². The second-order valence-corrected chi connectivity index (χ2v) is 5.71. The highest BCUT2D eigenvalue weighted by molar-refractivity contribution is 14.1. The molecule has 0 bridgehead atoms. The van der Waals surface area contributed by atoms with Crippen LogP contribution in [0.3, 0.4) is 0 Å². The number of anilines is 1. The summed E-state index contributed by atoms with van der Waals surface area (Å²) in [6, 6.07) is 9.27. The van der Waals surface area contributed by atoms with Crippen molar-refractivity contribution in [2.45, 2.75) is 12.0 Å². The van der Waals surface area contributed by atoms with Gasteiger partial charge in [-0.2, -0.15) is 0 Å². The summed E-state index contributed by atoms with van der Waals surface area (Å²) < 4.78 is 6.49. The molecule has 0 aliphatic rings. The van der Waals surface area contributed by atoms with Crippen LogP contribution in [0.25, 0.3) is 0 Å². The second-order valence-electron chi connectivity index (χ2n) is 3.74. The molecule has 0 saturated carbocycles. The van der Waals surface area contributed by atoms with E-state index >= 15 is 0 Å². The highest BCUT2D eigenvalue weighted by Gasteiger charge is 2.11. The van der Waals surface area contributed by atoms with Crippen molar-refractivity contribution in [3.8, 4) is 0 Å². The lowest BCUT2D eigenvalue weighted by Crippen LogP contribution is -2.10. The van der Waals surface area contributed by atoms with Gasteiger partial charge in [-0.25, -0.2) is 0 Å². The van der Waals surface area contributed by atoms with E-state index in [4.69, 9.17) is 4.42 Å². The highest BCUT2D eigenvalue weighted by Crippen LogP contribution is 2.20. The number of benzene rings is 1. The number of hydrogen-bond donors (Lipinski definition) is 1. The molecule has 0 unspecified atom stereocenters. The molecular formula is C13H12INO2S. The Kier molecular flexibility index (Phi) is 4.34. The molecule has 1 N–H and O–H groups in total. The van der Waals surface area contributed by atoms with E-state index in [1.54, 1.807) is 12.1 Å². The number of hydrogen-bond acceptors (Lipinski definition) is 3. The summed E-state index contributed by atoms with van der Waals surface area (Å²) in [5.74, 6) is 0.102. The van der Waals surface area contributed by atoms with Crippen molar-refractivity contribution < 1.29 is 9.21 Å². The van der Waals surface area contributed by atoms with Crippen molar-refractivity contribution in [1.82, 2.24) is 0 Å². The number of thioether (sulfide) groups is 1. The predicted molar refractivity (Wildman–Crippen MR) is 82.3 cm³/mol. The third-order valence-electron chi connectivity index (χ3n) is 2.44. The van der Waals surface area contributed by atoms with Gasteiger partial charge in [0.1, 0.15) is 0 Å². The number of carbonyl (C=O) groups is 1. The monoisotopic (exact) mass is 373 g/mol. The zero-order valence-corrected chi connectivity index (χ0v) is 13.0. The van der Waals surface area contributed by atoms with Gasteiger partial charge in [0, 0.05) is 9.26 Å². The molecule has 0 atom stereocenters. The van der Waals surface area contributed by atoms with Gasteiger partial charge in [-0.1, -0.05) is 17.8 Å². The van der Waals surface area contributed by atoms with E-state index in [2.05, 4.69) is 27.9 Å². The van der Waals surface area contributed by atoms with Crippen LogP contribution in [0.4, 0.5) is 5.69 Å². The molecule has 0 radical (unpaired) electrons. The van der Waals surface area contributed by atoms with Crippen LogP contribution in [0.1, 0.15) is 16.1 Å². The van der Waals surface area contributed by atoms with E-state index < -0.39 is 0 Å².